The van der Waals surface area contributed by atoms with Crippen molar-refractivity contribution in [2.24, 2.45) is 0 Å². The first-order chi connectivity index (χ1) is 11.7. The molecule has 3 rings (SSSR count). The molecule has 3 aromatic rings. The summed E-state index contributed by atoms with van der Waals surface area (Å²) in [4.78, 5) is 13.7. The van der Waals surface area contributed by atoms with E-state index >= 15 is 0 Å². The normalized spacial score (nSPS) is 11.9. The maximum absolute atomic E-state index is 12.3. The zero-order valence-electron chi connectivity index (χ0n) is 12.6. The number of amides is 1. The Kier molecular flexibility index (Phi) is 4.88. The molecule has 0 aliphatic carbocycles. The smallest absolute Gasteiger partial charge is 0.274 e. The van der Waals surface area contributed by atoms with E-state index in [-0.39, 0.29) is 12.3 Å². The Labute approximate surface area is 143 Å². The predicted molar refractivity (Wildman–Crippen MR) is 90.1 cm³/mol. The number of carbonyl (C=O) groups is 1. The van der Waals surface area contributed by atoms with Crippen LogP contribution in [-0.4, -0.2) is 32.6 Å². The lowest BCUT2D eigenvalue weighted by molar-refractivity contribution is 0.0910. The molecule has 0 aliphatic rings. The van der Waals surface area contributed by atoms with Crippen molar-refractivity contribution < 1.29 is 9.90 Å². The SMILES string of the molecule is O=C(NC(CO)c1ccc(Cl)cc1)c1cnn(-c2ccccc2)n1. The number of nitrogens with one attached hydrogen (secondary N) is 1. The van der Waals surface area contributed by atoms with Gasteiger partial charge in [-0.3, -0.25) is 4.79 Å². The number of nitrogens with zero attached hydrogens (tertiary/aromatic N) is 3. The lowest BCUT2D eigenvalue weighted by atomic mass is 10.1. The highest BCUT2D eigenvalue weighted by Crippen LogP contribution is 2.16. The Morgan fingerprint density at radius 3 is 2.54 bits per heavy atom. The number of para-hydroxylation sites is 1. The Balaban J connectivity index is 1.74. The van der Waals surface area contributed by atoms with Crippen LogP contribution in [0.2, 0.25) is 5.02 Å². The highest BCUT2D eigenvalue weighted by atomic mass is 35.5. The van der Waals surface area contributed by atoms with E-state index in [0.29, 0.717) is 5.02 Å². The van der Waals surface area contributed by atoms with Crippen LogP contribution in [-0.2, 0) is 0 Å². The van der Waals surface area contributed by atoms with E-state index in [0.717, 1.165) is 11.3 Å². The van der Waals surface area contributed by atoms with E-state index in [1.54, 1.807) is 24.3 Å². The van der Waals surface area contributed by atoms with Crippen LogP contribution in [0.25, 0.3) is 5.69 Å². The number of aliphatic hydroxyl groups excluding tert-OH is 1. The molecule has 7 heteroatoms. The van der Waals surface area contributed by atoms with Gasteiger partial charge in [-0.2, -0.15) is 9.90 Å². The standard InChI is InChI=1S/C17H15ClN4O2/c18-13-8-6-12(7-9-13)16(11-23)20-17(24)15-10-19-22(21-15)14-4-2-1-3-5-14/h1-10,16,23H,11H2,(H,20,24). The van der Waals surface area contributed by atoms with Crippen LogP contribution in [0.1, 0.15) is 22.1 Å². The number of aromatic nitrogens is 3. The molecule has 6 nitrogen and oxygen atoms in total. The third-order valence-corrected chi connectivity index (χ3v) is 3.72. The quantitative estimate of drug-likeness (QED) is 0.746. The van der Waals surface area contributed by atoms with Gasteiger partial charge in [-0.15, -0.1) is 5.10 Å². The van der Waals surface area contributed by atoms with Crippen LogP contribution >= 0.6 is 11.6 Å². The van der Waals surface area contributed by atoms with E-state index in [9.17, 15) is 9.90 Å². The Morgan fingerprint density at radius 2 is 1.88 bits per heavy atom. The molecule has 2 aromatic carbocycles. The monoisotopic (exact) mass is 342 g/mol. The van der Waals surface area contributed by atoms with Crippen LogP contribution in [0.4, 0.5) is 0 Å². The lowest BCUT2D eigenvalue weighted by Gasteiger charge is -2.15. The molecule has 24 heavy (non-hydrogen) atoms. The van der Waals surface area contributed by atoms with Crippen LogP contribution in [0.15, 0.2) is 60.8 Å². The van der Waals surface area contributed by atoms with Crippen molar-refractivity contribution in [2.45, 2.75) is 6.04 Å². The summed E-state index contributed by atoms with van der Waals surface area (Å²) in [6, 6.07) is 15.7. The molecule has 1 amide bonds. The largest absolute Gasteiger partial charge is 0.394 e. The maximum Gasteiger partial charge on any atom is 0.274 e. The van der Waals surface area contributed by atoms with Gasteiger partial charge in [0, 0.05) is 5.02 Å². The van der Waals surface area contributed by atoms with Gasteiger partial charge in [0.1, 0.15) is 0 Å². The Morgan fingerprint density at radius 1 is 1.17 bits per heavy atom. The first-order valence-corrected chi connectivity index (χ1v) is 7.70. The minimum Gasteiger partial charge on any atom is -0.394 e. The molecule has 0 saturated carbocycles. The van der Waals surface area contributed by atoms with E-state index < -0.39 is 11.9 Å². The molecule has 0 radical (unpaired) electrons. The molecule has 2 N–H and O–H groups in total. The fraction of sp³-hybridized carbons (Fsp3) is 0.118. The van der Waals surface area contributed by atoms with E-state index in [1.807, 2.05) is 30.3 Å². The van der Waals surface area contributed by atoms with Gasteiger partial charge in [0.05, 0.1) is 24.5 Å². The van der Waals surface area contributed by atoms with Crippen molar-refractivity contribution in [3.8, 4) is 5.69 Å². The fourth-order valence-electron chi connectivity index (χ4n) is 2.21. The fourth-order valence-corrected chi connectivity index (χ4v) is 2.34. The topological polar surface area (TPSA) is 80.0 Å². The lowest BCUT2D eigenvalue weighted by Crippen LogP contribution is -2.31. The molecule has 0 fully saturated rings. The maximum atomic E-state index is 12.3. The molecular weight excluding hydrogens is 328 g/mol. The third-order valence-electron chi connectivity index (χ3n) is 3.47. The minimum absolute atomic E-state index is 0.172. The molecule has 0 bridgehead atoms. The molecule has 0 saturated heterocycles. The first-order valence-electron chi connectivity index (χ1n) is 7.32. The van der Waals surface area contributed by atoms with Crippen molar-refractivity contribution in [3.05, 3.63) is 77.1 Å². The van der Waals surface area contributed by atoms with Crippen molar-refractivity contribution in [2.75, 3.05) is 6.61 Å². The van der Waals surface area contributed by atoms with Gasteiger partial charge in [-0.05, 0) is 29.8 Å². The number of rotatable bonds is 5. The zero-order chi connectivity index (χ0) is 16.9. The Bertz CT molecular complexity index is 818. The van der Waals surface area contributed by atoms with Gasteiger partial charge in [0.25, 0.3) is 5.91 Å². The summed E-state index contributed by atoms with van der Waals surface area (Å²) in [5.74, 6) is -0.411. The second kappa shape index (κ2) is 7.25. The van der Waals surface area contributed by atoms with Crippen LogP contribution in [0, 0.1) is 0 Å². The van der Waals surface area contributed by atoms with Gasteiger partial charge in [0.2, 0.25) is 0 Å². The Hall–Kier alpha value is -2.70. The van der Waals surface area contributed by atoms with Gasteiger partial charge in [-0.1, -0.05) is 41.9 Å². The van der Waals surface area contributed by atoms with Crippen LogP contribution < -0.4 is 5.32 Å². The zero-order valence-corrected chi connectivity index (χ0v) is 13.4. The predicted octanol–water partition coefficient (Wildman–Crippen LogP) is 2.38. The molecule has 1 unspecified atom stereocenters. The van der Waals surface area contributed by atoms with E-state index in [1.165, 1.54) is 11.0 Å². The second-order valence-electron chi connectivity index (χ2n) is 5.11. The van der Waals surface area contributed by atoms with Gasteiger partial charge >= 0.3 is 0 Å². The molecule has 0 aliphatic heterocycles. The number of aliphatic hydroxyl groups is 1. The summed E-state index contributed by atoms with van der Waals surface area (Å²) < 4.78 is 0. The molecular formula is C17H15ClN4O2. The third kappa shape index (κ3) is 3.61. The van der Waals surface area contributed by atoms with E-state index in [2.05, 4.69) is 15.5 Å². The van der Waals surface area contributed by atoms with Gasteiger partial charge in [-0.25, -0.2) is 0 Å². The van der Waals surface area contributed by atoms with Crippen molar-refractivity contribution >= 4 is 17.5 Å². The average Bonchev–Trinajstić information content (AvgIpc) is 3.11. The first kappa shape index (κ1) is 16.2. The van der Waals surface area contributed by atoms with Crippen molar-refractivity contribution in [1.82, 2.24) is 20.3 Å². The highest BCUT2D eigenvalue weighted by Gasteiger charge is 2.17. The summed E-state index contributed by atoms with van der Waals surface area (Å²) in [6.07, 6.45) is 1.39. The summed E-state index contributed by atoms with van der Waals surface area (Å²) in [5.41, 5.74) is 1.69. The summed E-state index contributed by atoms with van der Waals surface area (Å²) in [7, 11) is 0. The van der Waals surface area contributed by atoms with Crippen LogP contribution in [0.3, 0.4) is 0 Å². The molecule has 1 atom stereocenters. The van der Waals surface area contributed by atoms with Crippen LogP contribution in [0.5, 0.6) is 0 Å². The summed E-state index contributed by atoms with van der Waals surface area (Å²) >= 11 is 5.85. The molecule has 1 aromatic heterocycles. The number of hydrogen-bond donors (Lipinski definition) is 2. The number of hydrogen-bond acceptors (Lipinski definition) is 4. The minimum atomic E-state index is -0.545. The summed E-state index contributed by atoms with van der Waals surface area (Å²) in [5, 5.41) is 21.1. The molecule has 1 heterocycles. The van der Waals surface area contributed by atoms with Crippen molar-refractivity contribution in [1.29, 1.82) is 0 Å². The van der Waals surface area contributed by atoms with E-state index in [4.69, 9.17) is 11.6 Å². The average molecular weight is 343 g/mol. The molecule has 0 spiro atoms. The number of benzene rings is 2. The number of carbonyl (C=O) groups excluding carboxylic acids is 1. The number of halogens is 1. The second-order valence-corrected chi connectivity index (χ2v) is 5.55. The highest BCUT2D eigenvalue weighted by molar-refractivity contribution is 6.30. The summed E-state index contributed by atoms with van der Waals surface area (Å²) in [6.45, 7) is -0.236. The van der Waals surface area contributed by atoms with Gasteiger partial charge < -0.3 is 10.4 Å². The van der Waals surface area contributed by atoms with Gasteiger partial charge in [0.15, 0.2) is 5.69 Å². The molecule has 122 valence electrons. The van der Waals surface area contributed by atoms with Crippen molar-refractivity contribution in [3.63, 3.8) is 0 Å².